The van der Waals surface area contributed by atoms with Crippen molar-refractivity contribution in [3.05, 3.63) is 63.5 Å². The molecule has 1 aliphatic carbocycles. The van der Waals surface area contributed by atoms with Crippen molar-refractivity contribution in [2.24, 2.45) is 21.4 Å². The number of nitrogens with zero attached hydrogens (tertiary/aromatic N) is 5. The largest absolute Gasteiger partial charge is 0.481 e. The van der Waals surface area contributed by atoms with Gasteiger partial charge < -0.3 is 19.5 Å². The lowest BCUT2D eigenvalue weighted by atomic mass is 9.77. The Bertz CT molecular complexity index is 1790. The Morgan fingerprint density at radius 3 is 2.45 bits per heavy atom. The molecule has 2 atom stereocenters. The molecule has 49 heavy (non-hydrogen) atoms. The van der Waals surface area contributed by atoms with Crippen molar-refractivity contribution in [1.82, 2.24) is 14.8 Å². The van der Waals surface area contributed by atoms with Gasteiger partial charge in [-0.2, -0.15) is 5.10 Å². The third-order valence-corrected chi connectivity index (χ3v) is 10.5. The van der Waals surface area contributed by atoms with Crippen molar-refractivity contribution >= 4 is 29.0 Å². The number of carbonyl (C=O) groups is 2. The lowest BCUT2D eigenvalue weighted by Crippen LogP contribution is -2.50. The Morgan fingerprint density at radius 2 is 1.73 bits per heavy atom. The lowest BCUT2D eigenvalue weighted by molar-refractivity contribution is -0.141. The van der Waals surface area contributed by atoms with Crippen LogP contribution in [0.1, 0.15) is 81.2 Å². The van der Waals surface area contributed by atoms with Gasteiger partial charge in [0.2, 0.25) is 6.79 Å². The Hall–Kier alpha value is -4.25. The summed E-state index contributed by atoms with van der Waals surface area (Å²) in [5.74, 6) is -0.714. The van der Waals surface area contributed by atoms with Gasteiger partial charge in [0.15, 0.2) is 11.5 Å². The minimum atomic E-state index is -0.954. The van der Waals surface area contributed by atoms with Gasteiger partial charge in [-0.3, -0.25) is 19.5 Å². The molecule has 1 saturated heterocycles. The molecule has 2 aromatic rings. The van der Waals surface area contributed by atoms with E-state index in [4.69, 9.17) is 19.6 Å². The highest BCUT2D eigenvalue weighted by atomic mass is 19.1. The van der Waals surface area contributed by atoms with Gasteiger partial charge in [-0.1, -0.05) is 26.8 Å². The number of piperazine rings is 1. The van der Waals surface area contributed by atoms with E-state index < -0.39 is 18.1 Å². The highest BCUT2D eigenvalue weighted by Gasteiger charge is 2.43. The van der Waals surface area contributed by atoms with Crippen molar-refractivity contribution in [3.63, 3.8) is 0 Å². The Kier molecular flexibility index (Phi) is 8.75. The minimum Gasteiger partial charge on any atom is -0.481 e. The van der Waals surface area contributed by atoms with Gasteiger partial charge >= 0.3 is 5.97 Å². The second kappa shape index (κ2) is 12.9. The van der Waals surface area contributed by atoms with Crippen molar-refractivity contribution < 1.29 is 28.6 Å². The highest BCUT2D eigenvalue weighted by Crippen LogP contribution is 2.44. The van der Waals surface area contributed by atoms with E-state index in [2.05, 4.69) is 4.90 Å². The Labute approximate surface area is 287 Å². The van der Waals surface area contributed by atoms with Gasteiger partial charge in [0.1, 0.15) is 17.7 Å². The molecule has 5 aliphatic rings. The fourth-order valence-electron chi connectivity index (χ4n) is 8.03. The van der Waals surface area contributed by atoms with E-state index in [9.17, 15) is 14.7 Å². The van der Waals surface area contributed by atoms with E-state index in [0.717, 1.165) is 59.6 Å². The molecule has 0 radical (unpaired) electrons. The second-order valence-corrected chi connectivity index (χ2v) is 15.2. The summed E-state index contributed by atoms with van der Waals surface area (Å²) in [5.41, 5.74) is 6.30. The van der Waals surface area contributed by atoms with Gasteiger partial charge in [-0.25, -0.2) is 9.40 Å². The van der Waals surface area contributed by atoms with Crippen molar-refractivity contribution in [2.45, 2.75) is 85.9 Å². The number of aliphatic carboxylic acids is 1. The number of rotatable bonds is 7. The number of halogens is 1. The summed E-state index contributed by atoms with van der Waals surface area (Å²) in [6.07, 6.45) is 3.57. The maximum Gasteiger partial charge on any atom is 0.311 e. The summed E-state index contributed by atoms with van der Waals surface area (Å²) >= 11 is 0. The summed E-state index contributed by atoms with van der Waals surface area (Å²) in [7, 11) is 0. The average Bonchev–Trinajstić information content (AvgIpc) is 3.71. The van der Waals surface area contributed by atoms with Gasteiger partial charge in [-0.05, 0) is 91.8 Å². The lowest BCUT2D eigenvalue weighted by Gasteiger charge is -2.36. The Morgan fingerprint density at radius 1 is 1.02 bits per heavy atom. The van der Waals surface area contributed by atoms with Crippen LogP contribution < -0.4 is 9.47 Å². The van der Waals surface area contributed by atoms with Crippen LogP contribution in [0.3, 0.4) is 0 Å². The third kappa shape index (κ3) is 6.45. The van der Waals surface area contributed by atoms with E-state index in [1.54, 1.807) is 11.1 Å². The molecule has 11 heteroatoms. The van der Waals surface area contributed by atoms with Crippen LogP contribution in [-0.2, 0) is 29.0 Å². The molecule has 4 heterocycles. The van der Waals surface area contributed by atoms with Crippen LogP contribution in [0.25, 0.3) is 5.70 Å². The summed E-state index contributed by atoms with van der Waals surface area (Å²) < 4.78 is 26.8. The number of carboxylic acid groups (broad SMARTS) is 1. The zero-order chi connectivity index (χ0) is 34.6. The summed E-state index contributed by atoms with van der Waals surface area (Å²) in [5, 5.41) is 17.2. The van der Waals surface area contributed by atoms with Crippen LogP contribution in [0.5, 0.6) is 11.5 Å². The number of fused-ring (bicyclic) bond motifs is 3. The predicted molar refractivity (Wildman–Crippen MR) is 185 cm³/mol. The number of aliphatic imine (C=N–C) groups is 1. The fraction of sp³-hybridized carbons (Fsp3) is 0.526. The van der Waals surface area contributed by atoms with Gasteiger partial charge in [0, 0.05) is 56.0 Å². The smallest absolute Gasteiger partial charge is 0.311 e. The molecule has 0 aromatic heterocycles. The first-order valence-corrected chi connectivity index (χ1v) is 17.5. The molecule has 2 aromatic carbocycles. The molecule has 1 unspecified atom stereocenters. The van der Waals surface area contributed by atoms with Crippen LogP contribution in [0, 0.1) is 24.1 Å². The zero-order valence-electron chi connectivity index (χ0n) is 29.1. The first-order valence-electron chi connectivity index (χ1n) is 17.5. The van der Waals surface area contributed by atoms with Crippen molar-refractivity contribution in [1.29, 1.82) is 0 Å². The van der Waals surface area contributed by atoms with Crippen LogP contribution in [-0.4, -0.2) is 82.4 Å². The van der Waals surface area contributed by atoms with Crippen LogP contribution in [0.2, 0.25) is 0 Å². The number of amides is 1. The van der Waals surface area contributed by atoms with E-state index in [0.29, 0.717) is 73.7 Å². The quantitative estimate of drug-likeness (QED) is 0.397. The third-order valence-electron chi connectivity index (χ3n) is 10.5. The molecule has 0 bridgehead atoms. The molecule has 7 rings (SSSR count). The molecule has 4 aliphatic heterocycles. The molecular formula is C38H46FN5O5. The minimum absolute atomic E-state index is 0.135. The van der Waals surface area contributed by atoms with Gasteiger partial charge in [-0.15, -0.1) is 0 Å². The summed E-state index contributed by atoms with van der Waals surface area (Å²) in [4.78, 5) is 36.0. The highest BCUT2D eigenvalue weighted by molar-refractivity contribution is 6.39. The number of benzene rings is 2. The average molecular weight is 672 g/mol. The van der Waals surface area contributed by atoms with Crippen LogP contribution in [0.4, 0.5) is 4.39 Å². The molecule has 1 fully saturated rings. The normalized spacial score (nSPS) is 21.3. The number of hydrogen-bond donors (Lipinski definition) is 1. The molecule has 1 amide bonds. The van der Waals surface area contributed by atoms with Crippen LogP contribution in [0.15, 0.2) is 39.9 Å². The summed E-state index contributed by atoms with van der Waals surface area (Å²) in [6, 6.07) is 7.56. The molecule has 1 N–H and O–H groups in total. The number of hydrogen-bond acceptors (Lipinski definition) is 8. The van der Waals surface area contributed by atoms with E-state index in [-0.39, 0.29) is 23.9 Å². The van der Waals surface area contributed by atoms with E-state index in [1.165, 1.54) is 0 Å². The first-order chi connectivity index (χ1) is 23.4. The molecule has 260 valence electrons. The standard InChI is InChI=1S/C38H46FN5O5/c1-22-25-8-6-7-9-26(25)29(39)17-27(22)35-34(28(37(46)47)19-38(3,4)5)23(2)40-33-18-30(41-44(33)35)36(45)43-14-12-42(13-15-43)20-24-10-11-31-32(16-24)49-21-48-31/h10-11,16-17,28,33H,6-9,12-15,18-21H2,1-5H3,(H,46,47)/t28-,33?/m0/s1. The molecule has 0 spiro atoms. The summed E-state index contributed by atoms with van der Waals surface area (Å²) in [6.45, 7) is 13.4. The Balaban J connectivity index is 1.19. The van der Waals surface area contributed by atoms with E-state index >= 15 is 4.39 Å². The topological polar surface area (TPSA) is 107 Å². The van der Waals surface area contributed by atoms with Crippen molar-refractivity contribution in [2.75, 3.05) is 33.0 Å². The van der Waals surface area contributed by atoms with Crippen LogP contribution >= 0.6 is 0 Å². The predicted octanol–water partition coefficient (Wildman–Crippen LogP) is 5.80. The molecule has 10 nitrogen and oxygen atoms in total. The van der Waals surface area contributed by atoms with Gasteiger partial charge in [0.05, 0.1) is 11.6 Å². The monoisotopic (exact) mass is 671 g/mol. The van der Waals surface area contributed by atoms with Crippen molar-refractivity contribution in [3.8, 4) is 11.5 Å². The second-order valence-electron chi connectivity index (χ2n) is 15.2. The number of hydrazone groups is 1. The fourth-order valence-corrected chi connectivity index (χ4v) is 8.03. The van der Waals surface area contributed by atoms with E-state index in [1.807, 2.05) is 57.7 Å². The number of carboxylic acids is 1. The number of carbonyl (C=O) groups excluding carboxylic acids is 1. The van der Waals surface area contributed by atoms with Gasteiger partial charge in [0.25, 0.3) is 5.91 Å². The first kappa shape index (κ1) is 33.3. The molecular weight excluding hydrogens is 625 g/mol. The maximum atomic E-state index is 15.8. The maximum absolute atomic E-state index is 15.8. The molecule has 0 saturated carbocycles. The SMILES string of the molecule is CC1=NC2CC(C(=O)N3CCN(Cc4ccc5c(c4)OCO5)CC3)=NN2C(c2cc(F)c3c(c2C)CCCC3)=C1[C@H](CC(C)(C)C)C(=O)O. The zero-order valence-corrected chi connectivity index (χ0v) is 29.1. The number of ether oxygens (including phenoxy) is 2.